The molecule has 2 saturated heterocycles. The first-order chi connectivity index (χ1) is 14.1. The molecule has 1 unspecified atom stereocenters. The van der Waals surface area contributed by atoms with Crippen molar-refractivity contribution in [2.45, 2.75) is 31.8 Å². The number of anilines is 1. The van der Waals surface area contributed by atoms with E-state index in [4.69, 9.17) is 0 Å². The van der Waals surface area contributed by atoms with Gasteiger partial charge in [0.2, 0.25) is 0 Å². The molecule has 0 aromatic heterocycles. The van der Waals surface area contributed by atoms with Gasteiger partial charge in [0.25, 0.3) is 5.69 Å². The molecule has 2 aliphatic heterocycles. The Morgan fingerprint density at radius 3 is 2.07 bits per heavy atom. The van der Waals surface area contributed by atoms with Gasteiger partial charge in [-0.15, -0.1) is 12.4 Å². The number of nitrogens with zero attached hydrogens (tertiary/aromatic N) is 4. The fourth-order valence-corrected chi connectivity index (χ4v) is 4.71. The first-order valence-electron chi connectivity index (χ1n) is 10.6. The lowest BCUT2D eigenvalue weighted by Gasteiger charge is -2.44. The number of hydrogen-bond acceptors (Lipinski definition) is 5. The van der Waals surface area contributed by atoms with Gasteiger partial charge >= 0.3 is 0 Å². The molecule has 2 fully saturated rings. The number of rotatable bonds is 5. The summed E-state index contributed by atoms with van der Waals surface area (Å²) in [5, 5.41) is 10.8. The number of likely N-dealkylation sites (tertiary alicyclic amines) is 1. The molecule has 2 heterocycles. The van der Waals surface area contributed by atoms with Gasteiger partial charge in [0, 0.05) is 69.2 Å². The van der Waals surface area contributed by atoms with Crippen molar-refractivity contribution in [1.29, 1.82) is 0 Å². The predicted molar refractivity (Wildman–Crippen MR) is 124 cm³/mol. The summed E-state index contributed by atoms with van der Waals surface area (Å²) in [6, 6.07) is 18.9. The Morgan fingerprint density at radius 2 is 1.50 bits per heavy atom. The standard InChI is InChI=1S/C23H30N4O2.ClH/c1-19(20-5-3-2-4-6-20)24-13-11-22(12-14-24)26-17-15-25(16-18-26)21-7-9-23(10-8-21)27(28)29;/h2-10,19,22H,11-18H2,1H3;1H. The van der Waals surface area contributed by atoms with Gasteiger partial charge in [0.15, 0.2) is 0 Å². The number of piperidine rings is 1. The van der Waals surface area contributed by atoms with Gasteiger partial charge in [-0.25, -0.2) is 0 Å². The highest BCUT2D eigenvalue weighted by Crippen LogP contribution is 2.27. The van der Waals surface area contributed by atoms with E-state index in [0.717, 1.165) is 45.0 Å². The topological polar surface area (TPSA) is 52.9 Å². The van der Waals surface area contributed by atoms with Crippen LogP contribution in [0.2, 0.25) is 0 Å². The normalized spacial score (nSPS) is 19.8. The molecule has 2 aliphatic rings. The molecule has 2 aromatic carbocycles. The third-order valence-electron chi connectivity index (χ3n) is 6.59. The number of halogens is 1. The third-order valence-corrected chi connectivity index (χ3v) is 6.59. The molecule has 6 nitrogen and oxygen atoms in total. The summed E-state index contributed by atoms with van der Waals surface area (Å²) in [7, 11) is 0. The van der Waals surface area contributed by atoms with E-state index in [9.17, 15) is 10.1 Å². The van der Waals surface area contributed by atoms with Crippen molar-refractivity contribution in [2.75, 3.05) is 44.2 Å². The highest BCUT2D eigenvalue weighted by atomic mass is 35.5. The minimum Gasteiger partial charge on any atom is -0.369 e. The van der Waals surface area contributed by atoms with Crippen LogP contribution in [0.1, 0.15) is 31.4 Å². The van der Waals surface area contributed by atoms with Gasteiger partial charge in [0.1, 0.15) is 0 Å². The zero-order valence-corrected chi connectivity index (χ0v) is 18.3. The average Bonchev–Trinajstić information content (AvgIpc) is 2.79. The summed E-state index contributed by atoms with van der Waals surface area (Å²) in [6.07, 6.45) is 2.46. The predicted octanol–water partition coefficient (Wildman–Crippen LogP) is 4.36. The molecule has 0 bridgehead atoms. The third kappa shape index (κ3) is 5.12. The van der Waals surface area contributed by atoms with E-state index in [1.165, 1.54) is 18.4 Å². The Morgan fingerprint density at radius 1 is 0.900 bits per heavy atom. The van der Waals surface area contributed by atoms with E-state index in [-0.39, 0.29) is 23.0 Å². The summed E-state index contributed by atoms with van der Waals surface area (Å²) in [4.78, 5) is 18.1. The van der Waals surface area contributed by atoms with E-state index >= 15 is 0 Å². The number of hydrogen-bond donors (Lipinski definition) is 0. The van der Waals surface area contributed by atoms with Crippen molar-refractivity contribution in [3.05, 3.63) is 70.3 Å². The van der Waals surface area contributed by atoms with Crippen LogP contribution in [0.25, 0.3) is 0 Å². The van der Waals surface area contributed by atoms with Gasteiger partial charge in [0.05, 0.1) is 4.92 Å². The number of non-ortho nitro benzene ring substituents is 1. The molecule has 162 valence electrons. The van der Waals surface area contributed by atoms with E-state index in [1.807, 2.05) is 12.1 Å². The van der Waals surface area contributed by atoms with Crippen molar-refractivity contribution in [1.82, 2.24) is 9.80 Å². The van der Waals surface area contributed by atoms with E-state index in [2.05, 4.69) is 52.0 Å². The molecule has 0 aliphatic carbocycles. The van der Waals surface area contributed by atoms with Crippen LogP contribution in [0.5, 0.6) is 0 Å². The second kappa shape index (κ2) is 10.2. The van der Waals surface area contributed by atoms with Gasteiger partial charge in [-0.05, 0) is 37.5 Å². The summed E-state index contributed by atoms with van der Waals surface area (Å²) < 4.78 is 0. The highest BCUT2D eigenvalue weighted by molar-refractivity contribution is 5.85. The molecule has 30 heavy (non-hydrogen) atoms. The molecule has 0 radical (unpaired) electrons. The Balaban J connectivity index is 0.00000256. The highest BCUT2D eigenvalue weighted by Gasteiger charge is 2.29. The molecular formula is C23H31ClN4O2. The maximum atomic E-state index is 10.8. The first-order valence-corrected chi connectivity index (χ1v) is 10.6. The van der Waals surface area contributed by atoms with Crippen LogP contribution in [0.15, 0.2) is 54.6 Å². The molecule has 0 amide bonds. The summed E-state index contributed by atoms with van der Waals surface area (Å²) in [5.41, 5.74) is 2.65. The lowest BCUT2D eigenvalue weighted by molar-refractivity contribution is -0.384. The van der Waals surface area contributed by atoms with Gasteiger partial charge in [-0.2, -0.15) is 0 Å². The molecule has 2 aromatic rings. The second-order valence-electron chi connectivity index (χ2n) is 8.15. The van der Waals surface area contributed by atoms with E-state index in [1.54, 1.807) is 12.1 Å². The number of nitro groups is 1. The lowest BCUT2D eigenvalue weighted by Crippen LogP contribution is -2.53. The molecule has 0 spiro atoms. The maximum absolute atomic E-state index is 10.8. The smallest absolute Gasteiger partial charge is 0.269 e. The van der Waals surface area contributed by atoms with Crippen LogP contribution in [0.4, 0.5) is 11.4 Å². The summed E-state index contributed by atoms with van der Waals surface area (Å²) >= 11 is 0. The monoisotopic (exact) mass is 430 g/mol. The maximum Gasteiger partial charge on any atom is 0.269 e. The summed E-state index contributed by atoms with van der Waals surface area (Å²) in [6.45, 7) is 8.73. The Labute approximate surface area is 185 Å². The first kappa shape index (κ1) is 22.5. The minimum atomic E-state index is -0.341. The average molecular weight is 431 g/mol. The molecular weight excluding hydrogens is 400 g/mol. The van der Waals surface area contributed by atoms with Crippen LogP contribution < -0.4 is 4.90 Å². The molecule has 0 saturated carbocycles. The van der Waals surface area contributed by atoms with Crippen LogP contribution in [-0.4, -0.2) is 60.0 Å². The molecule has 0 N–H and O–H groups in total. The molecule has 4 rings (SSSR count). The van der Waals surface area contributed by atoms with Gasteiger partial charge in [-0.3, -0.25) is 19.9 Å². The SMILES string of the molecule is CC(c1ccccc1)N1CCC(N2CCN(c3ccc([N+](=O)[O-])cc3)CC2)CC1.Cl. The van der Waals surface area contributed by atoms with E-state index in [0.29, 0.717) is 12.1 Å². The zero-order chi connectivity index (χ0) is 20.2. The van der Waals surface area contributed by atoms with Crippen molar-refractivity contribution < 1.29 is 4.92 Å². The fourth-order valence-electron chi connectivity index (χ4n) is 4.71. The van der Waals surface area contributed by atoms with Crippen LogP contribution in [0, 0.1) is 10.1 Å². The fraction of sp³-hybridized carbons (Fsp3) is 0.478. The van der Waals surface area contributed by atoms with Crippen LogP contribution in [0.3, 0.4) is 0 Å². The van der Waals surface area contributed by atoms with Gasteiger partial charge in [-0.1, -0.05) is 30.3 Å². The minimum absolute atomic E-state index is 0. The Hall–Kier alpha value is -2.15. The van der Waals surface area contributed by atoms with Crippen LogP contribution >= 0.6 is 12.4 Å². The second-order valence-corrected chi connectivity index (χ2v) is 8.15. The largest absolute Gasteiger partial charge is 0.369 e. The van der Waals surface area contributed by atoms with Crippen molar-refractivity contribution in [3.8, 4) is 0 Å². The molecule has 7 heteroatoms. The Bertz CT molecular complexity index is 802. The number of piperazine rings is 1. The Kier molecular flexibility index (Phi) is 7.69. The quantitative estimate of drug-likeness (QED) is 0.521. The zero-order valence-electron chi connectivity index (χ0n) is 17.5. The van der Waals surface area contributed by atoms with Crippen molar-refractivity contribution in [2.24, 2.45) is 0 Å². The summed E-state index contributed by atoms with van der Waals surface area (Å²) in [5.74, 6) is 0. The van der Waals surface area contributed by atoms with Crippen molar-refractivity contribution >= 4 is 23.8 Å². The van der Waals surface area contributed by atoms with Crippen LogP contribution in [-0.2, 0) is 0 Å². The number of nitro benzene ring substituents is 1. The van der Waals surface area contributed by atoms with Crippen molar-refractivity contribution in [3.63, 3.8) is 0 Å². The van der Waals surface area contributed by atoms with Gasteiger partial charge < -0.3 is 4.90 Å². The van der Waals surface area contributed by atoms with E-state index < -0.39 is 0 Å². The number of benzene rings is 2. The molecule has 1 atom stereocenters. The lowest BCUT2D eigenvalue weighted by atomic mass is 9.98.